The molecule has 0 saturated carbocycles. The molecule has 0 amide bonds. The van der Waals surface area contributed by atoms with E-state index in [0.29, 0.717) is 27.9 Å². The largest absolute Gasteiger partial charge is 0.294 e. The molecule has 0 radical (unpaired) electrons. The number of hydrogen-bond acceptors (Lipinski definition) is 1. The average Bonchev–Trinajstić information content (AvgIpc) is 2.25. The molecule has 0 aliphatic carbocycles. The summed E-state index contributed by atoms with van der Waals surface area (Å²) in [7, 11) is 0. The predicted octanol–water partition coefficient (Wildman–Crippen LogP) is 5.00. The monoisotopic (exact) mass is 258 g/mol. The SMILES string of the molecule is CCC(CC)CC(=O)c1ccc(Cl)cc1Cl. The normalized spacial score (nSPS) is 10.8. The maximum absolute atomic E-state index is 12.0. The molecule has 0 spiro atoms. The van der Waals surface area contributed by atoms with Crippen LogP contribution in [0.5, 0.6) is 0 Å². The van der Waals surface area contributed by atoms with Crippen LogP contribution in [0.15, 0.2) is 18.2 Å². The molecule has 88 valence electrons. The topological polar surface area (TPSA) is 17.1 Å². The minimum atomic E-state index is 0.107. The molecule has 0 heterocycles. The van der Waals surface area contributed by atoms with Crippen LogP contribution in [0.1, 0.15) is 43.5 Å². The van der Waals surface area contributed by atoms with Gasteiger partial charge in [0.15, 0.2) is 5.78 Å². The highest BCUT2D eigenvalue weighted by molar-refractivity contribution is 6.36. The zero-order valence-electron chi connectivity index (χ0n) is 9.59. The Labute approximate surface area is 107 Å². The van der Waals surface area contributed by atoms with Crippen LogP contribution in [0, 0.1) is 5.92 Å². The van der Waals surface area contributed by atoms with Crippen LogP contribution < -0.4 is 0 Å². The second-order valence-electron chi connectivity index (χ2n) is 3.93. The second kappa shape index (κ2) is 6.27. The number of Topliss-reactive ketones (excluding diaryl/α,β-unsaturated/α-hetero) is 1. The van der Waals surface area contributed by atoms with Gasteiger partial charge in [0.2, 0.25) is 0 Å². The molecule has 0 aromatic heterocycles. The summed E-state index contributed by atoms with van der Waals surface area (Å²) >= 11 is 11.8. The van der Waals surface area contributed by atoms with Gasteiger partial charge in [-0.2, -0.15) is 0 Å². The van der Waals surface area contributed by atoms with E-state index in [4.69, 9.17) is 23.2 Å². The molecule has 0 bridgehead atoms. The summed E-state index contributed by atoms with van der Waals surface area (Å²) in [6, 6.07) is 5.02. The zero-order chi connectivity index (χ0) is 12.1. The van der Waals surface area contributed by atoms with E-state index >= 15 is 0 Å². The van der Waals surface area contributed by atoms with Gasteiger partial charge < -0.3 is 0 Å². The maximum atomic E-state index is 12.0. The number of benzene rings is 1. The number of halogens is 2. The maximum Gasteiger partial charge on any atom is 0.164 e. The minimum absolute atomic E-state index is 0.107. The van der Waals surface area contributed by atoms with Crippen molar-refractivity contribution in [2.24, 2.45) is 5.92 Å². The Morgan fingerprint density at radius 1 is 1.25 bits per heavy atom. The highest BCUT2D eigenvalue weighted by Gasteiger charge is 2.14. The van der Waals surface area contributed by atoms with Crippen molar-refractivity contribution in [2.45, 2.75) is 33.1 Å². The van der Waals surface area contributed by atoms with E-state index in [0.717, 1.165) is 12.8 Å². The van der Waals surface area contributed by atoms with Crippen molar-refractivity contribution in [3.63, 3.8) is 0 Å². The molecule has 0 aliphatic heterocycles. The van der Waals surface area contributed by atoms with Crippen LogP contribution in [0.25, 0.3) is 0 Å². The van der Waals surface area contributed by atoms with Crippen LogP contribution in [0.4, 0.5) is 0 Å². The summed E-state index contributed by atoms with van der Waals surface area (Å²) in [6.07, 6.45) is 2.61. The Hall–Kier alpha value is -0.530. The Balaban J connectivity index is 2.80. The molecule has 16 heavy (non-hydrogen) atoms. The van der Waals surface area contributed by atoms with Gasteiger partial charge in [-0.25, -0.2) is 0 Å². The molecule has 1 rings (SSSR count). The summed E-state index contributed by atoms with van der Waals surface area (Å²) in [6.45, 7) is 4.20. The van der Waals surface area contributed by atoms with E-state index in [1.807, 2.05) is 0 Å². The fourth-order valence-electron chi connectivity index (χ4n) is 1.67. The van der Waals surface area contributed by atoms with E-state index in [2.05, 4.69) is 13.8 Å². The van der Waals surface area contributed by atoms with Gasteiger partial charge in [0.05, 0.1) is 5.02 Å². The lowest BCUT2D eigenvalue weighted by Gasteiger charge is -2.11. The number of carbonyl (C=O) groups excluding carboxylic acids is 1. The van der Waals surface area contributed by atoms with E-state index in [9.17, 15) is 4.79 Å². The average molecular weight is 259 g/mol. The summed E-state index contributed by atoms with van der Waals surface area (Å²) < 4.78 is 0. The fraction of sp³-hybridized carbons (Fsp3) is 0.462. The Bertz CT molecular complexity index is 370. The summed E-state index contributed by atoms with van der Waals surface area (Å²) in [5.41, 5.74) is 0.581. The van der Waals surface area contributed by atoms with E-state index < -0.39 is 0 Å². The van der Waals surface area contributed by atoms with E-state index in [1.54, 1.807) is 18.2 Å². The lowest BCUT2D eigenvalue weighted by molar-refractivity contribution is 0.0959. The quantitative estimate of drug-likeness (QED) is 0.680. The van der Waals surface area contributed by atoms with Crippen LogP contribution in [-0.4, -0.2) is 5.78 Å². The number of ketones is 1. The zero-order valence-corrected chi connectivity index (χ0v) is 11.1. The van der Waals surface area contributed by atoms with Crippen molar-refractivity contribution in [2.75, 3.05) is 0 Å². The minimum Gasteiger partial charge on any atom is -0.294 e. The molecule has 1 aromatic carbocycles. The van der Waals surface area contributed by atoms with E-state index in [1.165, 1.54) is 0 Å². The van der Waals surface area contributed by atoms with Crippen molar-refractivity contribution in [1.29, 1.82) is 0 Å². The highest BCUT2D eigenvalue weighted by Crippen LogP contribution is 2.24. The van der Waals surface area contributed by atoms with Gasteiger partial charge in [0.1, 0.15) is 0 Å². The molecule has 0 atom stereocenters. The third-order valence-corrected chi connectivity index (χ3v) is 3.41. The summed E-state index contributed by atoms with van der Waals surface area (Å²) in [5, 5.41) is 1.01. The molecule has 0 aliphatic rings. The second-order valence-corrected chi connectivity index (χ2v) is 4.78. The van der Waals surface area contributed by atoms with Gasteiger partial charge in [-0.15, -0.1) is 0 Å². The van der Waals surface area contributed by atoms with Gasteiger partial charge in [-0.3, -0.25) is 4.79 Å². The van der Waals surface area contributed by atoms with Crippen LogP contribution >= 0.6 is 23.2 Å². The smallest absolute Gasteiger partial charge is 0.164 e. The molecule has 0 saturated heterocycles. The van der Waals surface area contributed by atoms with Gasteiger partial charge in [0.25, 0.3) is 0 Å². The molecule has 0 unspecified atom stereocenters. The molecule has 1 nitrogen and oxygen atoms in total. The summed E-state index contributed by atoms with van der Waals surface area (Å²) in [5.74, 6) is 0.551. The molecule has 1 aromatic rings. The van der Waals surface area contributed by atoms with Crippen LogP contribution in [0.3, 0.4) is 0 Å². The van der Waals surface area contributed by atoms with Gasteiger partial charge in [0, 0.05) is 17.0 Å². The Kier molecular flexibility index (Phi) is 5.30. The molecule has 0 fully saturated rings. The van der Waals surface area contributed by atoms with Gasteiger partial charge in [-0.05, 0) is 24.1 Å². The predicted molar refractivity (Wildman–Crippen MR) is 69.5 cm³/mol. The first-order chi connectivity index (χ1) is 7.58. The van der Waals surface area contributed by atoms with Crippen molar-refractivity contribution < 1.29 is 4.79 Å². The number of carbonyl (C=O) groups is 1. The fourth-order valence-corrected chi connectivity index (χ4v) is 2.18. The first-order valence-corrected chi connectivity index (χ1v) is 6.32. The lowest BCUT2D eigenvalue weighted by Crippen LogP contribution is -2.08. The van der Waals surface area contributed by atoms with Crippen LogP contribution in [-0.2, 0) is 0 Å². The Morgan fingerprint density at radius 2 is 1.88 bits per heavy atom. The standard InChI is InChI=1S/C13H16Cl2O/c1-3-9(4-2)7-13(16)11-6-5-10(14)8-12(11)15/h5-6,8-9H,3-4,7H2,1-2H3. The summed E-state index contributed by atoms with van der Waals surface area (Å²) in [4.78, 5) is 12.0. The van der Waals surface area contributed by atoms with Crippen molar-refractivity contribution in [1.82, 2.24) is 0 Å². The van der Waals surface area contributed by atoms with Crippen molar-refractivity contribution in [3.8, 4) is 0 Å². The molecular formula is C13H16Cl2O. The van der Waals surface area contributed by atoms with Crippen LogP contribution in [0.2, 0.25) is 10.0 Å². The number of rotatable bonds is 5. The lowest BCUT2D eigenvalue weighted by atomic mass is 9.94. The first kappa shape index (κ1) is 13.5. The van der Waals surface area contributed by atoms with Crippen molar-refractivity contribution in [3.05, 3.63) is 33.8 Å². The van der Waals surface area contributed by atoms with Gasteiger partial charge >= 0.3 is 0 Å². The van der Waals surface area contributed by atoms with Gasteiger partial charge in [-0.1, -0.05) is 49.9 Å². The molecular weight excluding hydrogens is 243 g/mol. The third kappa shape index (κ3) is 3.50. The van der Waals surface area contributed by atoms with Crippen molar-refractivity contribution >= 4 is 29.0 Å². The first-order valence-electron chi connectivity index (χ1n) is 5.56. The third-order valence-electron chi connectivity index (χ3n) is 2.86. The molecule has 0 N–H and O–H groups in total. The highest BCUT2D eigenvalue weighted by atomic mass is 35.5. The Morgan fingerprint density at radius 3 is 2.38 bits per heavy atom. The number of hydrogen-bond donors (Lipinski definition) is 0. The van der Waals surface area contributed by atoms with E-state index in [-0.39, 0.29) is 5.78 Å². The molecule has 3 heteroatoms.